The summed E-state index contributed by atoms with van der Waals surface area (Å²) in [6.45, 7) is 2.10. The van der Waals surface area contributed by atoms with Gasteiger partial charge in [-0.1, -0.05) is 34.1 Å². The number of carbonyl (C=O) groups excluding carboxylic acids is 3. The van der Waals surface area contributed by atoms with E-state index in [1.54, 1.807) is 48.5 Å². The molecule has 0 saturated carbocycles. The maximum absolute atomic E-state index is 13.2. The normalized spacial score (nSPS) is 30.0. The first-order valence-corrected chi connectivity index (χ1v) is 8.98. The number of likely N-dealkylation sites (tertiary alicyclic amines) is 1. The fraction of sp³-hybridized carbons (Fsp3) is 0.333. The van der Waals surface area contributed by atoms with Gasteiger partial charge in [-0.15, -0.1) is 0 Å². The summed E-state index contributed by atoms with van der Waals surface area (Å²) in [4.78, 5) is 40.0. The van der Waals surface area contributed by atoms with Crippen LogP contribution in [-0.4, -0.2) is 52.3 Å². The molecular weight excluding hydrogens is 386 g/mol. The average Bonchev–Trinajstić information content (AvgIpc) is 3.08. The number of Topliss-reactive ketones (excluding diaryl/α,β-unsaturated/α-hetero) is 1. The highest BCUT2D eigenvalue weighted by atomic mass is 79.9. The Morgan fingerprint density at radius 2 is 1.84 bits per heavy atom. The van der Waals surface area contributed by atoms with E-state index in [0.29, 0.717) is 12.1 Å². The van der Waals surface area contributed by atoms with E-state index in [1.807, 2.05) is 6.08 Å². The number of halogens is 1. The molecule has 0 unspecified atom stereocenters. The molecule has 2 fully saturated rings. The average molecular weight is 402 g/mol. The third kappa shape index (κ3) is 2.29. The number of hydrogen-bond acceptors (Lipinski definition) is 5. The van der Waals surface area contributed by atoms with Crippen molar-refractivity contribution in [2.45, 2.75) is 19.0 Å². The second-order valence-electron chi connectivity index (χ2n) is 6.31. The second kappa shape index (κ2) is 5.91. The van der Waals surface area contributed by atoms with Crippen LogP contribution in [0.4, 0.5) is 0 Å². The predicted molar refractivity (Wildman–Crippen MR) is 94.9 cm³/mol. The smallest absolute Gasteiger partial charge is 0.235 e. The highest BCUT2D eigenvalue weighted by molar-refractivity contribution is 9.10. The lowest BCUT2D eigenvalue weighted by atomic mass is 9.86. The lowest BCUT2D eigenvalue weighted by Gasteiger charge is -2.30. The Bertz CT molecular complexity index is 817. The molecule has 3 aliphatic heterocycles. The summed E-state index contributed by atoms with van der Waals surface area (Å²) in [7, 11) is 0. The molecule has 4 atom stereocenters. The molecule has 1 aromatic rings. The molecule has 0 N–H and O–H groups in total. The van der Waals surface area contributed by atoms with Crippen LogP contribution >= 0.6 is 15.9 Å². The lowest BCUT2D eigenvalue weighted by molar-refractivity contribution is -0.141. The van der Waals surface area contributed by atoms with Gasteiger partial charge >= 0.3 is 0 Å². The molecule has 3 heterocycles. The van der Waals surface area contributed by atoms with Crippen LogP contribution < -0.4 is 0 Å². The Labute approximate surface area is 153 Å². The highest BCUT2D eigenvalue weighted by Crippen LogP contribution is 2.44. The van der Waals surface area contributed by atoms with Crippen LogP contribution in [0.5, 0.6) is 0 Å². The van der Waals surface area contributed by atoms with Gasteiger partial charge in [-0.2, -0.15) is 5.10 Å². The van der Waals surface area contributed by atoms with Crippen LogP contribution in [-0.2, 0) is 9.59 Å². The summed E-state index contributed by atoms with van der Waals surface area (Å²) in [5.74, 6) is -1.90. The van der Waals surface area contributed by atoms with Crippen molar-refractivity contribution in [3.8, 4) is 0 Å². The monoisotopic (exact) mass is 401 g/mol. The maximum Gasteiger partial charge on any atom is 0.235 e. The Morgan fingerprint density at radius 1 is 1.16 bits per heavy atom. The van der Waals surface area contributed by atoms with E-state index < -0.39 is 17.9 Å². The second-order valence-corrected chi connectivity index (χ2v) is 7.22. The minimum absolute atomic E-state index is 0.184. The quantitative estimate of drug-likeness (QED) is 0.572. The number of amides is 2. The van der Waals surface area contributed by atoms with E-state index in [1.165, 1.54) is 4.90 Å². The van der Waals surface area contributed by atoms with Crippen LogP contribution in [0.25, 0.3) is 0 Å². The fourth-order valence-electron chi connectivity index (χ4n) is 4.00. The van der Waals surface area contributed by atoms with Gasteiger partial charge in [-0.05, 0) is 25.1 Å². The van der Waals surface area contributed by atoms with Gasteiger partial charge in [0.25, 0.3) is 0 Å². The van der Waals surface area contributed by atoms with Gasteiger partial charge in [0.05, 0.1) is 17.9 Å². The number of fused-ring (bicyclic) bond motifs is 3. The molecule has 25 heavy (non-hydrogen) atoms. The number of carbonyl (C=O) groups is 3. The summed E-state index contributed by atoms with van der Waals surface area (Å²) in [6.07, 6.45) is 5.20. The first-order chi connectivity index (χ1) is 12.0. The van der Waals surface area contributed by atoms with Crippen molar-refractivity contribution < 1.29 is 14.4 Å². The summed E-state index contributed by atoms with van der Waals surface area (Å²) in [6, 6.07) is 5.90. The number of hydrogen-bond donors (Lipinski definition) is 0. The van der Waals surface area contributed by atoms with Crippen molar-refractivity contribution in [2.24, 2.45) is 16.9 Å². The number of ketones is 1. The number of hydrazone groups is 1. The van der Waals surface area contributed by atoms with Crippen molar-refractivity contribution in [1.29, 1.82) is 0 Å². The van der Waals surface area contributed by atoms with E-state index in [-0.39, 0.29) is 23.6 Å². The van der Waals surface area contributed by atoms with Gasteiger partial charge in [-0.25, -0.2) is 0 Å². The molecule has 0 spiro atoms. The molecule has 2 saturated heterocycles. The largest absolute Gasteiger partial charge is 0.292 e. The molecule has 4 rings (SSSR count). The summed E-state index contributed by atoms with van der Waals surface area (Å²) < 4.78 is 0.870. The topological polar surface area (TPSA) is 70.1 Å². The molecular formula is C18H16BrN3O3. The van der Waals surface area contributed by atoms with E-state index in [9.17, 15) is 14.4 Å². The summed E-state index contributed by atoms with van der Waals surface area (Å²) in [5, 5.41) is 5.94. The molecule has 0 aliphatic carbocycles. The van der Waals surface area contributed by atoms with E-state index >= 15 is 0 Å². The van der Waals surface area contributed by atoms with Crippen LogP contribution in [0.2, 0.25) is 0 Å². The Hall–Kier alpha value is -2.28. The molecule has 2 amide bonds. The fourth-order valence-corrected chi connectivity index (χ4v) is 4.26. The van der Waals surface area contributed by atoms with Crippen LogP contribution in [0.1, 0.15) is 17.3 Å². The zero-order chi connectivity index (χ0) is 17.7. The van der Waals surface area contributed by atoms with Gasteiger partial charge in [-0.3, -0.25) is 24.3 Å². The molecule has 0 aromatic heterocycles. The van der Waals surface area contributed by atoms with E-state index in [2.05, 4.69) is 21.0 Å². The third-order valence-corrected chi connectivity index (χ3v) is 5.62. The van der Waals surface area contributed by atoms with Crippen molar-refractivity contribution in [3.05, 3.63) is 46.5 Å². The van der Waals surface area contributed by atoms with Crippen molar-refractivity contribution in [1.82, 2.24) is 9.91 Å². The van der Waals surface area contributed by atoms with Gasteiger partial charge in [0.1, 0.15) is 6.04 Å². The third-order valence-electron chi connectivity index (χ3n) is 5.10. The summed E-state index contributed by atoms with van der Waals surface area (Å²) in [5.41, 5.74) is 0.507. The first kappa shape index (κ1) is 16.2. The standard InChI is InChI=1S/C18H16BrN3O3/c1-2-21-17(24)13-12-4-3-9-20-22(12)15(14(13)18(21)25)16(23)10-5-7-11(19)8-6-10/h3-9,12-15H,2H2,1H3/t12-,13+,14+,15-/m0/s1. The van der Waals surface area contributed by atoms with Gasteiger partial charge in [0, 0.05) is 22.8 Å². The molecule has 7 heteroatoms. The number of benzene rings is 1. The number of imide groups is 1. The van der Waals surface area contributed by atoms with Crippen molar-refractivity contribution in [3.63, 3.8) is 0 Å². The highest BCUT2D eigenvalue weighted by Gasteiger charge is 2.63. The number of rotatable bonds is 3. The molecule has 1 aromatic carbocycles. The summed E-state index contributed by atoms with van der Waals surface area (Å²) >= 11 is 3.35. The molecule has 6 nitrogen and oxygen atoms in total. The molecule has 0 bridgehead atoms. The SMILES string of the molecule is CCN1C(=O)[C@@H]2[C@H](C1=O)[C@@H]1C=CC=NN1[C@@H]2C(=O)c1ccc(Br)cc1. The molecule has 3 aliphatic rings. The van der Waals surface area contributed by atoms with E-state index in [0.717, 1.165) is 4.47 Å². The Kier molecular flexibility index (Phi) is 3.83. The Morgan fingerprint density at radius 3 is 2.52 bits per heavy atom. The zero-order valence-corrected chi connectivity index (χ0v) is 15.1. The van der Waals surface area contributed by atoms with Crippen molar-refractivity contribution in [2.75, 3.05) is 6.54 Å². The number of nitrogens with zero attached hydrogens (tertiary/aromatic N) is 3. The van der Waals surface area contributed by atoms with Crippen molar-refractivity contribution >= 4 is 39.7 Å². The molecule has 0 radical (unpaired) electrons. The van der Waals surface area contributed by atoms with Crippen LogP contribution in [0.3, 0.4) is 0 Å². The van der Waals surface area contributed by atoms with Crippen LogP contribution in [0, 0.1) is 11.8 Å². The first-order valence-electron chi connectivity index (χ1n) is 8.18. The zero-order valence-electron chi connectivity index (χ0n) is 13.5. The van der Waals surface area contributed by atoms with E-state index in [4.69, 9.17) is 0 Å². The maximum atomic E-state index is 13.2. The van der Waals surface area contributed by atoms with Gasteiger partial charge in [0.15, 0.2) is 5.78 Å². The minimum Gasteiger partial charge on any atom is -0.292 e. The lowest BCUT2D eigenvalue weighted by Crippen LogP contribution is -2.45. The minimum atomic E-state index is -0.759. The predicted octanol–water partition coefficient (Wildman–Crippen LogP) is 1.86. The number of allylic oxidation sites excluding steroid dienone is 1. The van der Waals surface area contributed by atoms with Crippen LogP contribution in [0.15, 0.2) is 46.0 Å². The van der Waals surface area contributed by atoms with Gasteiger partial charge in [0.2, 0.25) is 11.8 Å². The van der Waals surface area contributed by atoms with Gasteiger partial charge < -0.3 is 0 Å². The molecule has 128 valence electrons. The Balaban J connectivity index is 1.77.